The smallest absolute Gasteiger partial charge is 0.273 e. The lowest BCUT2D eigenvalue weighted by molar-refractivity contribution is -0.123. The highest BCUT2D eigenvalue weighted by atomic mass is 32.1. The van der Waals surface area contributed by atoms with Gasteiger partial charge in [-0.15, -0.1) is 0 Å². The average Bonchev–Trinajstić information content (AvgIpc) is 3.30. The number of rotatable bonds is 8. The van der Waals surface area contributed by atoms with Crippen LogP contribution < -0.4 is 26.6 Å². The number of nitrogen functional groups attached to an aromatic ring is 1. The van der Waals surface area contributed by atoms with Gasteiger partial charge in [0.2, 0.25) is 5.91 Å². The van der Waals surface area contributed by atoms with Crippen molar-refractivity contribution in [2.45, 2.75) is 58.0 Å². The van der Waals surface area contributed by atoms with Gasteiger partial charge in [-0.2, -0.15) is 4.37 Å². The monoisotopic (exact) mass is 548 g/mol. The van der Waals surface area contributed by atoms with E-state index < -0.39 is 17.9 Å². The van der Waals surface area contributed by atoms with Crippen molar-refractivity contribution in [2.75, 3.05) is 29.6 Å². The van der Waals surface area contributed by atoms with Crippen molar-refractivity contribution in [3.05, 3.63) is 69.7 Å². The Hall–Kier alpha value is -3.92. The van der Waals surface area contributed by atoms with Crippen LogP contribution in [0.1, 0.15) is 75.0 Å². The van der Waals surface area contributed by atoms with E-state index in [4.69, 9.17) is 11.5 Å². The third kappa shape index (κ3) is 6.06. The zero-order valence-corrected chi connectivity index (χ0v) is 23.7. The number of primary amides is 1. The van der Waals surface area contributed by atoms with Crippen LogP contribution in [0.25, 0.3) is 0 Å². The number of hydrogen-bond acceptors (Lipinski definition) is 7. The summed E-state index contributed by atoms with van der Waals surface area (Å²) in [4.78, 5) is 43.8. The Labute approximate surface area is 233 Å². The standard InChI is InChI=1S/C29H36N6O3S/c1-17-10-11-18(2)22(16-17)35(29(38)26-23(30)24(27(31)36)33-39-26)25(19-12-14-21(15-13-19)34(3)4)28(37)32-20-8-6-5-7-9-20/h10-16,20,25H,5-9,30H2,1-4H3,(H2,31,36)(H,32,37)/t25-/m1/s1. The molecule has 9 nitrogen and oxygen atoms in total. The number of nitrogens with two attached hydrogens (primary N) is 2. The number of amides is 3. The molecule has 4 rings (SSSR count). The van der Waals surface area contributed by atoms with E-state index in [0.29, 0.717) is 11.3 Å². The predicted molar refractivity (Wildman–Crippen MR) is 156 cm³/mol. The topological polar surface area (TPSA) is 135 Å². The van der Waals surface area contributed by atoms with E-state index in [9.17, 15) is 14.4 Å². The highest BCUT2D eigenvalue weighted by Gasteiger charge is 2.37. The van der Waals surface area contributed by atoms with Crippen LogP contribution in [0.4, 0.5) is 17.1 Å². The molecule has 0 spiro atoms. The molecule has 39 heavy (non-hydrogen) atoms. The van der Waals surface area contributed by atoms with Crippen LogP contribution in [0.5, 0.6) is 0 Å². The Balaban J connectivity index is 1.88. The summed E-state index contributed by atoms with van der Waals surface area (Å²) in [6.45, 7) is 3.83. The first-order valence-corrected chi connectivity index (χ1v) is 13.9. The fourth-order valence-electron chi connectivity index (χ4n) is 4.98. The maximum absolute atomic E-state index is 14.3. The van der Waals surface area contributed by atoms with Crippen molar-refractivity contribution in [1.82, 2.24) is 9.69 Å². The predicted octanol–water partition coefficient (Wildman–Crippen LogP) is 4.34. The lowest BCUT2D eigenvalue weighted by Crippen LogP contribution is -2.47. The third-order valence-corrected chi connectivity index (χ3v) is 8.03. The summed E-state index contributed by atoms with van der Waals surface area (Å²) in [7, 11) is 3.88. The van der Waals surface area contributed by atoms with Gasteiger partial charge in [-0.3, -0.25) is 19.3 Å². The van der Waals surface area contributed by atoms with Crippen LogP contribution in [0, 0.1) is 13.8 Å². The van der Waals surface area contributed by atoms with Gasteiger partial charge < -0.3 is 21.7 Å². The quantitative estimate of drug-likeness (QED) is 0.383. The molecule has 3 amide bonds. The summed E-state index contributed by atoms with van der Waals surface area (Å²) in [5.74, 6) is -1.61. The molecule has 0 saturated heterocycles. The third-order valence-electron chi connectivity index (χ3n) is 7.18. The van der Waals surface area contributed by atoms with Crippen LogP contribution in [-0.4, -0.2) is 42.2 Å². The van der Waals surface area contributed by atoms with E-state index in [1.54, 1.807) is 0 Å². The van der Waals surface area contributed by atoms with Crippen LogP contribution in [0.15, 0.2) is 42.5 Å². The average molecular weight is 549 g/mol. The molecule has 1 heterocycles. The van der Waals surface area contributed by atoms with E-state index in [-0.39, 0.29) is 28.2 Å². The summed E-state index contributed by atoms with van der Waals surface area (Å²) < 4.78 is 4.04. The van der Waals surface area contributed by atoms with Gasteiger partial charge in [0.25, 0.3) is 11.8 Å². The van der Waals surface area contributed by atoms with Gasteiger partial charge in [0, 0.05) is 31.5 Å². The molecule has 1 aromatic heterocycles. The van der Waals surface area contributed by atoms with E-state index in [2.05, 4.69) is 9.69 Å². The number of aromatic nitrogens is 1. The summed E-state index contributed by atoms with van der Waals surface area (Å²) in [6.07, 6.45) is 5.07. The highest BCUT2D eigenvalue weighted by molar-refractivity contribution is 7.09. The second-order valence-corrected chi connectivity index (χ2v) is 11.1. The Kier molecular flexibility index (Phi) is 8.54. The minimum absolute atomic E-state index is 0.0419. The fourth-order valence-corrected chi connectivity index (χ4v) is 5.73. The molecule has 0 aliphatic heterocycles. The minimum Gasteiger partial charge on any atom is -0.395 e. The van der Waals surface area contributed by atoms with Crippen molar-refractivity contribution in [2.24, 2.45) is 5.73 Å². The van der Waals surface area contributed by atoms with Crippen LogP contribution in [0.3, 0.4) is 0 Å². The number of carbonyl (C=O) groups is 3. The van der Waals surface area contributed by atoms with Crippen LogP contribution in [0.2, 0.25) is 0 Å². The van der Waals surface area contributed by atoms with Gasteiger partial charge in [0.15, 0.2) is 5.69 Å². The molecule has 10 heteroatoms. The summed E-state index contributed by atoms with van der Waals surface area (Å²) in [5, 5.41) is 3.22. The molecule has 0 unspecified atom stereocenters. The number of hydrogen-bond donors (Lipinski definition) is 3. The highest BCUT2D eigenvalue weighted by Crippen LogP contribution is 2.36. The first-order valence-electron chi connectivity index (χ1n) is 13.1. The number of nitrogens with one attached hydrogen (secondary N) is 1. The zero-order valence-electron chi connectivity index (χ0n) is 22.9. The van der Waals surface area contributed by atoms with E-state index in [1.807, 2.05) is 75.3 Å². The molecule has 1 aliphatic carbocycles. The Bertz CT molecular complexity index is 1360. The van der Waals surface area contributed by atoms with Gasteiger partial charge >= 0.3 is 0 Å². The molecule has 206 valence electrons. The molecular formula is C29H36N6O3S. The van der Waals surface area contributed by atoms with Gasteiger partial charge in [-0.05, 0) is 73.1 Å². The van der Waals surface area contributed by atoms with Gasteiger partial charge in [0.05, 0.1) is 5.69 Å². The summed E-state index contributed by atoms with van der Waals surface area (Å²) in [6, 6.07) is 12.4. The molecule has 1 saturated carbocycles. The van der Waals surface area contributed by atoms with E-state index in [1.165, 1.54) is 4.90 Å². The Morgan fingerprint density at radius 2 is 1.69 bits per heavy atom. The Morgan fingerprint density at radius 3 is 2.28 bits per heavy atom. The second kappa shape index (κ2) is 11.9. The Morgan fingerprint density at radius 1 is 1.03 bits per heavy atom. The van der Waals surface area contributed by atoms with Crippen molar-refractivity contribution in [3.63, 3.8) is 0 Å². The largest absolute Gasteiger partial charge is 0.395 e. The van der Waals surface area contributed by atoms with Crippen LogP contribution in [-0.2, 0) is 4.79 Å². The molecule has 5 N–H and O–H groups in total. The lowest BCUT2D eigenvalue weighted by atomic mass is 9.94. The maximum atomic E-state index is 14.3. The second-order valence-electron chi connectivity index (χ2n) is 10.3. The van der Waals surface area contributed by atoms with E-state index in [0.717, 1.165) is 60.5 Å². The van der Waals surface area contributed by atoms with Gasteiger partial charge in [-0.25, -0.2) is 0 Å². The number of aryl methyl sites for hydroxylation is 2. The van der Waals surface area contributed by atoms with Crippen molar-refractivity contribution in [1.29, 1.82) is 0 Å². The van der Waals surface area contributed by atoms with Crippen molar-refractivity contribution < 1.29 is 14.4 Å². The molecule has 0 bridgehead atoms. The normalized spacial score (nSPS) is 14.5. The molecule has 3 aromatic rings. The van der Waals surface area contributed by atoms with Crippen molar-refractivity contribution >= 4 is 46.3 Å². The van der Waals surface area contributed by atoms with Gasteiger partial charge in [-0.1, -0.05) is 43.5 Å². The molecular weight excluding hydrogens is 512 g/mol. The molecule has 1 fully saturated rings. The summed E-state index contributed by atoms with van der Waals surface area (Å²) in [5.41, 5.74) is 15.3. The van der Waals surface area contributed by atoms with Crippen molar-refractivity contribution in [3.8, 4) is 0 Å². The first kappa shape index (κ1) is 28.1. The fraction of sp³-hybridized carbons (Fsp3) is 0.379. The molecule has 2 aromatic carbocycles. The first-order chi connectivity index (χ1) is 18.6. The molecule has 0 radical (unpaired) electrons. The SMILES string of the molecule is Cc1ccc(C)c(N(C(=O)c2snc(C(N)=O)c2N)[C@@H](C(=O)NC2CCCCC2)c2ccc(N(C)C)cc2)c1. The zero-order chi connectivity index (χ0) is 28.3. The van der Waals surface area contributed by atoms with E-state index >= 15 is 0 Å². The van der Waals surface area contributed by atoms with Gasteiger partial charge in [0.1, 0.15) is 10.9 Å². The number of carbonyl (C=O) groups excluding carboxylic acids is 3. The molecule has 1 aliphatic rings. The molecule has 1 atom stereocenters. The number of benzene rings is 2. The number of anilines is 3. The maximum Gasteiger partial charge on any atom is 0.273 e. The minimum atomic E-state index is -0.991. The van der Waals surface area contributed by atoms with Crippen LogP contribution >= 0.6 is 11.5 Å². The number of nitrogens with zero attached hydrogens (tertiary/aromatic N) is 3. The lowest BCUT2D eigenvalue weighted by Gasteiger charge is -2.34. The summed E-state index contributed by atoms with van der Waals surface area (Å²) >= 11 is 0.807.